The summed E-state index contributed by atoms with van der Waals surface area (Å²) in [5.41, 5.74) is -0.0660. The number of carbonyl (C=O) groups is 2. The van der Waals surface area contributed by atoms with Gasteiger partial charge in [0.2, 0.25) is 0 Å². The third kappa shape index (κ3) is 3.84. The largest absolute Gasteiger partial charge is 0.453 e. The number of ether oxygens (including phenoxy) is 1. The quantitative estimate of drug-likeness (QED) is 0.639. The molecular weight excluding hydrogens is 437 g/mol. The van der Waals surface area contributed by atoms with Gasteiger partial charge in [0.05, 0.1) is 25.8 Å². The van der Waals surface area contributed by atoms with E-state index in [1.54, 1.807) is 0 Å². The number of rotatable bonds is 2. The lowest BCUT2D eigenvalue weighted by atomic mass is 9.85. The van der Waals surface area contributed by atoms with Crippen LogP contribution in [0.3, 0.4) is 0 Å². The zero-order chi connectivity index (χ0) is 23.2. The van der Waals surface area contributed by atoms with E-state index in [0.717, 1.165) is 11.6 Å². The van der Waals surface area contributed by atoms with Crippen molar-refractivity contribution >= 4 is 17.7 Å². The highest BCUT2D eigenvalue weighted by Crippen LogP contribution is 2.41. The van der Waals surface area contributed by atoms with Crippen LogP contribution >= 0.6 is 0 Å². The van der Waals surface area contributed by atoms with Crippen molar-refractivity contribution in [1.82, 2.24) is 9.80 Å². The molecule has 4 rings (SSSR count). The number of benzene rings is 1. The van der Waals surface area contributed by atoms with Crippen LogP contribution in [0.25, 0.3) is 0 Å². The van der Waals surface area contributed by atoms with E-state index in [0.29, 0.717) is 24.7 Å². The van der Waals surface area contributed by atoms with E-state index >= 15 is 0 Å². The first-order chi connectivity index (χ1) is 15.1. The lowest BCUT2D eigenvalue weighted by Gasteiger charge is -2.33. The molecule has 0 aliphatic carbocycles. The van der Waals surface area contributed by atoms with Crippen molar-refractivity contribution in [3.05, 3.63) is 46.0 Å². The van der Waals surface area contributed by atoms with Crippen LogP contribution in [0.15, 0.2) is 28.3 Å². The Kier molecular flexibility index (Phi) is 5.68. The van der Waals surface area contributed by atoms with Crippen LogP contribution in [0.5, 0.6) is 0 Å². The molecule has 0 bridgehead atoms. The standard InChI is InChI=1S/C21H20F5N3O3/c1-32-20(31)29-9-12-8-27-18(14(12)10-29)19(30)28-6-4-11(5-7-28)13-2-3-15(22)17(23)16(13)21(24,25)26/h2-3,11H,4-10H2,1H3. The molecule has 3 aliphatic rings. The summed E-state index contributed by atoms with van der Waals surface area (Å²) >= 11 is 0. The first kappa shape index (κ1) is 22.2. The van der Waals surface area contributed by atoms with Gasteiger partial charge in [0.1, 0.15) is 5.71 Å². The molecule has 1 saturated heterocycles. The minimum atomic E-state index is -5.02. The van der Waals surface area contributed by atoms with Gasteiger partial charge in [-0.25, -0.2) is 13.6 Å². The number of hydrogen-bond donors (Lipinski definition) is 0. The topological polar surface area (TPSA) is 62.2 Å². The third-order valence-electron chi connectivity index (χ3n) is 6.14. The highest BCUT2D eigenvalue weighted by atomic mass is 19.4. The number of aliphatic imine (C=N–C) groups is 1. The highest BCUT2D eigenvalue weighted by Gasteiger charge is 2.41. The molecule has 0 aromatic heterocycles. The number of piperidine rings is 1. The molecule has 32 heavy (non-hydrogen) atoms. The maximum absolute atomic E-state index is 13.9. The van der Waals surface area contributed by atoms with Crippen molar-refractivity contribution in [2.75, 3.05) is 39.8 Å². The minimum absolute atomic E-state index is 0.155. The number of carbonyl (C=O) groups excluding carboxylic acids is 2. The summed E-state index contributed by atoms with van der Waals surface area (Å²) in [4.78, 5) is 32.0. The Morgan fingerprint density at radius 1 is 1.09 bits per heavy atom. The van der Waals surface area contributed by atoms with Crippen LogP contribution < -0.4 is 0 Å². The zero-order valence-corrected chi connectivity index (χ0v) is 17.1. The second-order valence-electron chi connectivity index (χ2n) is 7.96. The number of halogens is 5. The summed E-state index contributed by atoms with van der Waals surface area (Å²) < 4.78 is 72.2. The van der Waals surface area contributed by atoms with Gasteiger partial charge < -0.3 is 9.64 Å². The molecule has 0 atom stereocenters. The van der Waals surface area contributed by atoms with Gasteiger partial charge in [-0.2, -0.15) is 13.2 Å². The summed E-state index contributed by atoms with van der Waals surface area (Å²) in [6, 6.07) is 1.67. The number of methoxy groups -OCH3 is 1. The van der Waals surface area contributed by atoms with Crippen LogP contribution in [-0.4, -0.2) is 67.3 Å². The predicted molar refractivity (Wildman–Crippen MR) is 103 cm³/mol. The predicted octanol–water partition coefficient (Wildman–Crippen LogP) is 3.52. The lowest BCUT2D eigenvalue weighted by Crippen LogP contribution is -2.43. The van der Waals surface area contributed by atoms with Gasteiger partial charge in [0.25, 0.3) is 5.91 Å². The van der Waals surface area contributed by atoms with Gasteiger partial charge in [-0.1, -0.05) is 6.07 Å². The van der Waals surface area contributed by atoms with E-state index < -0.39 is 35.4 Å². The number of alkyl halides is 3. The Balaban J connectivity index is 1.45. The van der Waals surface area contributed by atoms with Crippen LogP contribution in [0.4, 0.5) is 26.7 Å². The van der Waals surface area contributed by atoms with Crippen LogP contribution in [-0.2, 0) is 15.7 Å². The molecule has 172 valence electrons. The van der Waals surface area contributed by atoms with Crippen molar-refractivity contribution in [1.29, 1.82) is 0 Å². The SMILES string of the molecule is COC(=O)N1CC2=C(C1)C(C(=O)N1CCC(c3ccc(F)c(F)c3C(F)(F)F)CC1)=NC2. The second kappa shape index (κ2) is 8.18. The number of hydrogen-bond acceptors (Lipinski definition) is 4. The maximum Gasteiger partial charge on any atom is 0.419 e. The highest BCUT2D eigenvalue weighted by molar-refractivity contribution is 6.46. The lowest BCUT2D eigenvalue weighted by molar-refractivity contribution is -0.141. The van der Waals surface area contributed by atoms with E-state index in [9.17, 15) is 31.5 Å². The van der Waals surface area contributed by atoms with Gasteiger partial charge in [0.15, 0.2) is 11.6 Å². The molecule has 0 unspecified atom stereocenters. The Morgan fingerprint density at radius 2 is 1.78 bits per heavy atom. The molecule has 1 aromatic carbocycles. The molecule has 0 N–H and O–H groups in total. The van der Waals surface area contributed by atoms with Gasteiger partial charge in [-0.15, -0.1) is 0 Å². The number of likely N-dealkylation sites (tertiary alicyclic amines) is 1. The molecule has 0 radical (unpaired) electrons. The molecule has 11 heteroatoms. The summed E-state index contributed by atoms with van der Waals surface area (Å²) in [5, 5.41) is 0. The van der Waals surface area contributed by atoms with E-state index in [4.69, 9.17) is 4.74 Å². The van der Waals surface area contributed by atoms with Gasteiger partial charge >= 0.3 is 12.3 Å². The molecule has 2 amide bonds. The second-order valence-corrected chi connectivity index (χ2v) is 7.96. The zero-order valence-electron chi connectivity index (χ0n) is 17.1. The molecule has 0 spiro atoms. The fourth-order valence-electron chi connectivity index (χ4n) is 4.53. The molecule has 1 aromatic rings. The van der Waals surface area contributed by atoms with Crippen LogP contribution in [0.2, 0.25) is 0 Å². The van der Waals surface area contributed by atoms with E-state index in [2.05, 4.69) is 4.99 Å². The fraction of sp³-hybridized carbons (Fsp3) is 0.476. The van der Waals surface area contributed by atoms with Crippen molar-refractivity contribution in [3.63, 3.8) is 0 Å². The van der Waals surface area contributed by atoms with E-state index in [1.165, 1.54) is 16.9 Å². The average molecular weight is 457 g/mol. The van der Waals surface area contributed by atoms with Gasteiger partial charge in [-0.3, -0.25) is 14.7 Å². The molecule has 6 nitrogen and oxygen atoms in total. The average Bonchev–Trinajstić information content (AvgIpc) is 3.34. The maximum atomic E-state index is 13.9. The summed E-state index contributed by atoms with van der Waals surface area (Å²) in [5.74, 6) is -4.45. The number of amides is 2. The van der Waals surface area contributed by atoms with Crippen molar-refractivity contribution in [2.45, 2.75) is 24.9 Å². The Hall–Kier alpha value is -2.98. The molecule has 3 aliphatic heterocycles. The van der Waals surface area contributed by atoms with Crippen LogP contribution in [0.1, 0.15) is 29.9 Å². The summed E-state index contributed by atoms with van der Waals surface area (Å²) in [6.07, 6.45) is -5.18. The van der Waals surface area contributed by atoms with Gasteiger partial charge in [0, 0.05) is 25.2 Å². The summed E-state index contributed by atoms with van der Waals surface area (Å²) in [6.45, 7) is 1.17. The number of nitrogens with zero attached hydrogens (tertiary/aromatic N) is 3. The first-order valence-corrected chi connectivity index (χ1v) is 10.0. The Morgan fingerprint density at radius 3 is 2.41 bits per heavy atom. The summed E-state index contributed by atoms with van der Waals surface area (Å²) in [7, 11) is 1.27. The third-order valence-corrected chi connectivity index (χ3v) is 6.14. The molecule has 1 fully saturated rings. The van der Waals surface area contributed by atoms with Gasteiger partial charge in [-0.05, 0) is 36.0 Å². The Labute approximate surface area is 180 Å². The smallest absolute Gasteiger partial charge is 0.419 e. The monoisotopic (exact) mass is 457 g/mol. The van der Waals surface area contributed by atoms with E-state index in [1.807, 2.05) is 0 Å². The Bertz CT molecular complexity index is 1030. The first-order valence-electron chi connectivity index (χ1n) is 10.0. The molecule has 3 heterocycles. The van der Waals surface area contributed by atoms with E-state index in [-0.39, 0.29) is 49.7 Å². The minimum Gasteiger partial charge on any atom is -0.453 e. The van der Waals surface area contributed by atoms with Crippen molar-refractivity contribution in [3.8, 4) is 0 Å². The normalized spacial score (nSPS) is 19.4. The van der Waals surface area contributed by atoms with Crippen molar-refractivity contribution in [2.24, 2.45) is 4.99 Å². The van der Waals surface area contributed by atoms with Crippen LogP contribution in [0, 0.1) is 11.6 Å². The molecule has 0 saturated carbocycles. The molecular formula is C21H20F5N3O3. The fourth-order valence-corrected chi connectivity index (χ4v) is 4.53. The van der Waals surface area contributed by atoms with Crippen molar-refractivity contribution < 1.29 is 36.3 Å².